The van der Waals surface area contributed by atoms with Crippen molar-refractivity contribution in [3.05, 3.63) is 0 Å². The highest BCUT2D eigenvalue weighted by molar-refractivity contribution is 5.24. The van der Waals surface area contributed by atoms with Gasteiger partial charge in [-0.05, 0) is 19.6 Å². The predicted octanol–water partition coefficient (Wildman–Crippen LogP) is 1.85. The predicted molar refractivity (Wildman–Crippen MR) is 55.0 cm³/mol. The minimum Gasteiger partial charge on any atom is -0.366 e. The maximum absolute atomic E-state index is 9.40. The molecule has 0 bridgehead atoms. The molecule has 3 heteroatoms. The molecule has 0 aromatic heterocycles. The third kappa shape index (κ3) is 5.01. The van der Waals surface area contributed by atoms with Crippen LogP contribution in [0.25, 0.3) is 0 Å². The minimum absolute atomic E-state index is 0.241. The summed E-state index contributed by atoms with van der Waals surface area (Å²) in [5.41, 5.74) is 0. The van der Waals surface area contributed by atoms with E-state index in [1.54, 1.807) is 6.92 Å². The molecular weight excluding hydrogens is 166 g/mol. The van der Waals surface area contributed by atoms with Gasteiger partial charge in [0.25, 0.3) is 0 Å². The monoisotopic (exact) mass is 187 g/mol. The molecule has 13 heavy (non-hydrogen) atoms. The maximum Gasteiger partial charge on any atom is 0.176 e. The average molecular weight is 187 g/mol. The number of nitrogens with zero attached hydrogens (tertiary/aromatic N) is 1. The number of aliphatic imine (C=N–C) groups is 1. The Morgan fingerprint density at radius 3 is 2.31 bits per heavy atom. The third-order valence-corrected chi connectivity index (χ3v) is 2.36. The zero-order valence-electron chi connectivity index (χ0n) is 8.86. The fourth-order valence-corrected chi connectivity index (χ4v) is 0.988. The van der Waals surface area contributed by atoms with Gasteiger partial charge in [-0.25, -0.2) is 0 Å². The molecule has 0 saturated heterocycles. The van der Waals surface area contributed by atoms with Crippen LogP contribution in [0.3, 0.4) is 0 Å². The molecule has 0 aliphatic rings. The molecule has 0 amide bonds. The van der Waals surface area contributed by atoms with Crippen molar-refractivity contribution >= 4 is 6.72 Å². The number of aliphatic hydroxyl groups is 1. The van der Waals surface area contributed by atoms with Crippen LogP contribution in [0.4, 0.5) is 0 Å². The van der Waals surface area contributed by atoms with E-state index in [4.69, 9.17) is 4.74 Å². The van der Waals surface area contributed by atoms with E-state index in [0.717, 1.165) is 12.8 Å². The topological polar surface area (TPSA) is 41.8 Å². The van der Waals surface area contributed by atoms with Crippen LogP contribution in [-0.4, -0.2) is 30.8 Å². The van der Waals surface area contributed by atoms with E-state index in [2.05, 4.69) is 25.6 Å². The lowest BCUT2D eigenvalue weighted by atomic mass is 10.1. The van der Waals surface area contributed by atoms with Crippen LogP contribution >= 0.6 is 0 Å². The van der Waals surface area contributed by atoms with Crippen molar-refractivity contribution in [1.29, 1.82) is 0 Å². The summed E-state index contributed by atoms with van der Waals surface area (Å²) in [5, 5.41) is 9.40. The number of aliphatic hydroxyl groups excluding tert-OH is 1. The molecule has 0 rings (SSSR count). The van der Waals surface area contributed by atoms with E-state index in [-0.39, 0.29) is 6.04 Å². The summed E-state index contributed by atoms with van der Waals surface area (Å²) < 4.78 is 5.26. The van der Waals surface area contributed by atoms with Crippen molar-refractivity contribution in [3.63, 3.8) is 0 Å². The van der Waals surface area contributed by atoms with Crippen LogP contribution in [0, 0.1) is 5.92 Å². The quantitative estimate of drug-likeness (QED) is 0.488. The normalized spacial score (nSPS) is 15.8. The van der Waals surface area contributed by atoms with Gasteiger partial charge in [-0.3, -0.25) is 4.99 Å². The lowest BCUT2D eigenvalue weighted by Gasteiger charge is -2.19. The summed E-state index contributed by atoms with van der Waals surface area (Å²) in [6.07, 6.45) is 1.36. The van der Waals surface area contributed by atoms with Gasteiger partial charge in [0, 0.05) is 0 Å². The molecule has 3 nitrogen and oxygen atoms in total. The molecular formula is C10H21NO2. The summed E-state index contributed by atoms with van der Waals surface area (Å²) in [4.78, 5) is 3.69. The summed E-state index contributed by atoms with van der Waals surface area (Å²) >= 11 is 0. The molecule has 0 aliphatic heterocycles. The highest BCUT2D eigenvalue weighted by Crippen LogP contribution is 2.10. The number of hydrogen-bond acceptors (Lipinski definition) is 3. The molecule has 0 radical (unpaired) electrons. The van der Waals surface area contributed by atoms with Crippen LogP contribution in [0.2, 0.25) is 0 Å². The molecule has 1 unspecified atom stereocenters. The maximum atomic E-state index is 9.40. The van der Waals surface area contributed by atoms with Crippen LogP contribution < -0.4 is 0 Å². The lowest BCUT2D eigenvalue weighted by Crippen LogP contribution is -2.26. The fourth-order valence-electron chi connectivity index (χ4n) is 0.988. The molecule has 0 heterocycles. The summed E-state index contributed by atoms with van der Waals surface area (Å²) in [6, 6.07) is -0.241. The van der Waals surface area contributed by atoms with E-state index >= 15 is 0 Å². The van der Waals surface area contributed by atoms with Crippen molar-refractivity contribution in [2.45, 2.75) is 45.9 Å². The van der Waals surface area contributed by atoms with Crippen LogP contribution in [0.1, 0.15) is 33.6 Å². The van der Waals surface area contributed by atoms with Crippen molar-refractivity contribution in [3.8, 4) is 0 Å². The molecule has 78 valence electrons. The highest BCUT2D eigenvalue weighted by Gasteiger charge is 2.13. The van der Waals surface area contributed by atoms with E-state index < -0.39 is 6.29 Å². The molecule has 0 aliphatic carbocycles. The van der Waals surface area contributed by atoms with E-state index in [1.807, 2.05) is 0 Å². The van der Waals surface area contributed by atoms with Gasteiger partial charge in [-0.2, -0.15) is 0 Å². The molecule has 0 saturated carbocycles. The Morgan fingerprint density at radius 1 is 1.38 bits per heavy atom. The Kier molecular flexibility index (Phi) is 6.82. The van der Waals surface area contributed by atoms with Gasteiger partial charge in [0.1, 0.15) is 0 Å². The third-order valence-electron chi connectivity index (χ3n) is 2.36. The van der Waals surface area contributed by atoms with E-state index in [0.29, 0.717) is 12.5 Å². The van der Waals surface area contributed by atoms with E-state index in [1.165, 1.54) is 0 Å². The first kappa shape index (κ1) is 12.6. The Morgan fingerprint density at radius 2 is 1.92 bits per heavy atom. The average Bonchev–Trinajstić information content (AvgIpc) is 2.17. The molecule has 1 N–H and O–H groups in total. The van der Waals surface area contributed by atoms with Crippen molar-refractivity contribution in [1.82, 2.24) is 0 Å². The summed E-state index contributed by atoms with van der Waals surface area (Å²) in [6.45, 7) is 9.99. The Bertz CT molecular complexity index is 135. The Balaban J connectivity index is 3.67. The van der Waals surface area contributed by atoms with Crippen molar-refractivity contribution in [2.75, 3.05) is 6.61 Å². The minimum atomic E-state index is -0.807. The largest absolute Gasteiger partial charge is 0.366 e. The van der Waals surface area contributed by atoms with Crippen LogP contribution in [0.15, 0.2) is 4.99 Å². The zero-order chi connectivity index (χ0) is 10.3. The number of hydrogen-bond donors (Lipinski definition) is 1. The van der Waals surface area contributed by atoms with Gasteiger partial charge >= 0.3 is 0 Å². The zero-order valence-corrected chi connectivity index (χ0v) is 8.86. The number of rotatable bonds is 7. The second-order valence-electron chi connectivity index (χ2n) is 3.33. The van der Waals surface area contributed by atoms with Gasteiger partial charge in [0.15, 0.2) is 6.29 Å². The molecule has 0 aromatic rings. The molecule has 0 aromatic carbocycles. The molecule has 2 atom stereocenters. The smallest absolute Gasteiger partial charge is 0.176 e. The van der Waals surface area contributed by atoms with Gasteiger partial charge in [0.2, 0.25) is 0 Å². The fraction of sp³-hybridized carbons (Fsp3) is 0.900. The molecule has 0 spiro atoms. The highest BCUT2D eigenvalue weighted by atomic mass is 16.6. The first-order valence-corrected chi connectivity index (χ1v) is 4.91. The van der Waals surface area contributed by atoms with Gasteiger partial charge in [-0.1, -0.05) is 26.7 Å². The van der Waals surface area contributed by atoms with Crippen LogP contribution in [0.5, 0.6) is 0 Å². The summed E-state index contributed by atoms with van der Waals surface area (Å²) in [7, 11) is 0. The first-order valence-electron chi connectivity index (χ1n) is 4.91. The Labute approximate surface area is 80.8 Å². The second kappa shape index (κ2) is 7.04. The SMILES string of the molecule is C=N[C@@H](C)C(O)OCC(CC)CC. The van der Waals surface area contributed by atoms with Crippen LogP contribution in [-0.2, 0) is 4.74 Å². The second-order valence-corrected chi connectivity index (χ2v) is 3.33. The standard InChI is InChI=1S/C10H21NO2/c1-5-9(6-2)7-13-10(12)8(3)11-4/h8-10,12H,4-7H2,1-3H3/t8-,10?/m0/s1. The lowest BCUT2D eigenvalue weighted by molar-refractivity contribution is -0.119. The van der Waals surface area contributed by atoms with Gasteiger partial charge in [0.05, 0.1) is 12.6 Å². The Hall–Kier alpha value is -0.410. The van der Waals surface area contributed by atoms with Crippen molar-refractivity contribution in [2.24, 2.45) is 10.9 Å². The van der Waals surface area contributed by atoms with Gasteiger partial charge < -0.3 is 9.84 Å². The van der Waals surface area contributed by atoms with Crippen molar-refractivity contribution < 1.29 is 9.84 Å². The number of ether oxygens (including phenoxy) is 1. The molecule has 0 fully saturated rings. The first-order chi connectivity index (χ1) is 6.15. The van der Waals surface area contributed by atoms with Gasteiger partial charge in [-0.15, -0.1) is 0 Å². The van der Waals surface area contributed by atoms with E-state index in [9.17, 15) is 5.11 Å². The summed E-state index contributed by atoms with van der Waals surface area (Å²) in [5.74, 6) is 0.534.